The van der Waals surface area contributed by atoms with E-state index in [1.165, 1.54) is 7.11 Å². The van der Waals surface area contributed by atoms with Gasteiger partial charge in [0, 0.05) is 22.5 Å². The monoisotopic (exact) mass is 404 g/mol. The second-order valence-electron chi connectivity index (χ2n) is 6.55. The van der Waals surface area contributed by atoms with Crippen molar-refractivity contribution in [1.82, 2.24) is 0 Å². The molecule has 0 saturated heterocycles. The topological polar surface area (TPSA) is 76.7 Å². The lowest BCUT2D eigenvalue weighted by molar-refractivity contribution is 0.101. The number of hydrogen-bond acceptors (Lipinski definition) is 4. The molecule has 30 heavy (non-hydrogen) atoms. The van der Waals surface area contributed by atoms with Gasteiger partial charge in [-0.2, -0.15) is 0 Å². The Hall–Kier alpha value is -3.80. The molecule has 154 valence electrons. The third kappa shape index (κ3) is 4.78. The minimum Gasteiger partial charge on any atom is -0.493 e. The van der Waals surface area contributed by atoms with Gasteiger partial charge in [0.25, 0.3) is 11.8 Å². The van der Waals surface area contributed by atoms with Gasteiger partial charge in [-0.3, -0.25) is 9.59 Å². The van der Waals surface area contributed by atoms with Crippen molar-refractivity contribution in [1.29, 1.82) is 0 Å². The summed E-state index contributed by atoms with van der Waals surface area (Å²) in [6, 6.07) is 19.4. The average molecular weight is 404 g/mol. The molecule has 0 aliphatic heterocycles. The predicted octanol–water partition coefficient (Wildman–Crippen LogP) is 4.91. The zero-order valence-electron chi connectivity index (χ0n) is 17.2. The van der Waals surface area contributed by atoms with Crippen LogP contribution >= 0.6 is 0 Å². The first-order valence-electron chi connectivity index (χ1n) is 9.61. The molecular formula is C24H24N2O4. The maximum atomic E-state index is 12.8. The molecule has 0 fully saturated rings. The van der Waals surface area contributed by atoms with Gasteiger partial charge in [-0.25, -0.2) is 0 Å². The summed E-state index contributed by atoms with van der Waals surface area (Å²) < 4.78 is 10.8. The van der Waals surface area contributed by atoms with Crippen LogP contribution in [0.25, 0.3) is 0 Å². The van der Waals surface area contributed by atoms with Crippen molar-refractivity contribution < 1.29 is 19.1 Å². The smallest absolute Gasteiger partial charge is 0.256 e. The summed E-state index contributed by atoms with van der Waals surface area (Å²) in [7, 11) is 1.53. The Morgan fingerprint density at radius 1 is 0.867 bits per heavy atom. The Bertz CT molecular complexity index is 1050. The van der Waals surface area contributed by atoms with E-state index in [4.69, 9.17) is 9.47 Å². The fourth-order valence-corrected chi connectivity index (χ4v) is 3.02. The molecule has 0 unspecified atom stereocenters. The van der Waals surface area contributed by atoms with Gasteiger partial charge in [-0.1, -0.05) is 24.3 Å². The first kappa shape index (κ1) is 20.9. The van der Waals surface area contributed by atoms with Crippen LogP contribution in [-0.4, -0.2) is 25.5 Å². The molecule has 0 aliphatic rings. The summed E-state index contributed by atoms with van der Waals surface area (Å²) >= 11 is 0. The van der Waals surface area contributed by atoms with Crippen LogP contribution in [0, 0.1) is 6.92 Å². The van der Waals surface area contributed by atoms with Crippen LogP contribution in [0.3, 0.4) is 0 Å². The Morgan fingerprint density at radius 3 is 2.33 bits per heavy atom. The number of rotatable bonds is 7. The minimum absolute atomic E-state index is 0.238. The highest BCUT2D eigenvalue weighted by atomic mass is 16.5. The summed E-state index contributed by atoms with van der Waals surface area (Å²) in [6.07, 6.45) is 0. The fraction of sp³-hybridized carbons (Fsp3) is 0.167. The van der Waals surface area contributed by atoms with E-state index < -0.39 is 0 Å². The second kappa shape index (κ2) is 9.60. The van der Waals surface area contributed by atoms with Crippen LogP contribution in [0.15, 0.2) is 66.7 Å². The van der Waals surface area contributed by atoms with E-state index >= 15 is 0 Å². The molecule has 0 bridgehead atoms. The van der Waals surface area contributed by atoms with Crippen LogP contribution in [0.4, 0.5) is 11.4 Å². The molecule has 2 amide bonds. The molecule has 2 N–H and O–H groups in total. The quantitative estimate of drug-likeness (QED) is 0.587. The van der Waals surface area contributed by atoms with E-state index in [9.17, 15) is 9.59 Å². The number of methoxy groups -OCH3 is 1. The fourth-order valence-electron chi connectivity index (χ4n) is 3.02. The second-order valence-corrected chi connectivity index (χ2v) is 6.55. The Labute approximate surface area is 175 Å². The maximum absolute atomic E-state index is 12.8. The van der Waals surface area contributed by atoms with Gasteiger partial charge in [-0.05, 0) is 61.9 Å². The molecule has 0 heterocycles. The molecule has 3 rings (SSSR count). The van der Waals surface area contributed by atoms with Crippen LogP contribution in [0.1, 0.15) is 33.2 Å². The summed E-state index contributed by atoms with van der Waals surface area (Å²) in [5, 5.41) is 5.74. The van der Waals surface area contributed by atoms with Gasteiger partial charge >= 0.3 is 0 Å². The van der Waals surface area contributed by atoms with E-state index in [2.05, 4.69) is 10.6 Å². The number of ether oxygens (including phenoxy) is 2. The van der Waals surface area contributed by atoms with Crippen LogP contribution < -0.4 is 20.1 Å². The van der Waals surface area contributed by atoms with Crippen molar-refractivity contribution in [2.75, 3.05) is 24.4 Å². The number of para-hydroxylation sites is 1. The standard InChI is InChI=1S/C24H24N2O4/c1-4-30-21-14-13-17(15-22(21)29-3)23(27)26-20-12-8-11-19(16(20)2)24(28)25-18-9-6-5-7-10-18/h5-15H,4H2,1-3H3,(H,25,28)(H,26,27). The van der Waals surface area contributed by atoms with Crippen molar-refractivity contribution in [3.8, 4) is 11.5 Å². The molecule has 6 heteroatoms. The van der Waals surface area contributed by atoms with Gasteiger partial charge in [0.2, 0.25) is 0 Å². The Morgan fingerprint density at radius 2 is 1.63 bits per heavy atom. The zero-order valence-corrected chi connectivity index (χ0v) is 17.2. The van der Waals surface area contributed by atoms with Gasteiger partial charge < -0.3 is 20.1 Å². The van der Waals surface area contributed by atoms with Gasteiger partial charge in [0.05, 0.1) is 13.7 Å². The summed E-state index contributed by atoms with van der Waals surface area (Å²) in [6.45, 7) is 4.18. The molecule has 6 nitrogen and oxygen atoms in total. The number of carbonyl (C=O) groups is 2. The number of nitrogens with one attached hydrogen (secondary N) is 2. The number of carbonyl (C=O) groups excluding carboxylic acids is 2. The van der Waals surface area contributed by atoms with Crippen molar-refractivity contribution in [2.24, 2.45) is 0 Å². The van der Waals surface area contributed by atoms with Crippen molar-refractivity contribution in [2.45, 2.75) is 13.8 Å². The first-order chi connectivity index (χ1) is 14.5. The lowest BCUT2D eigenvalue weighted by atomic mass is 10.1. The molecule has 0 aromatic heterocycles. The lowest BCUT2D eigenvalue weighted by Crippen LogP contribution is -2.17. The van der Waals surface area contributed by atoms with Crippen molar-refractivity contribution in [3.63, 3.8) is 0 Å². The predicted molar refractivity (Wildman–Crippen MR) is 118 cm³/mol. The molecule has 3 aromatic rings. The Kier molecular flexibility index (Phi) is 6.70. The third-order valence-corrected chi connectivity index (χ3v) is 4.58. The van der Waals surface area contributed by atoms with Crippen LogP contribution in [-0.2, 0) is 0 Å². The van der Waals surface area contributed by atoms with E-state index in [0.717, 1.165) is 0 Å². The van der Waals surface area contributed by atoms with Gasteiger partial charge in [0.15, 0.2) is 11.5 Å². The molecule has 0 radical (unpaired) electrons. The third-order valence-electron chi connectivity index (χ3n) is 4.58. The molecule has 0 atom stereocenters. The van der Waals surface area contributed by atoms with Crippen molar-refractivity contribution in [3.05, 3.63) is 83.4 Å². The molecule has 0 spiro atoms. The zero-order chi connectivity index (χ0) is 21.5. The largest absolute Gasteiger partial charge is 0.493 e. The lowest BCUT2D eigenvalue weighted by Gasteiger charge is -2.14. The van der Waals surface area contributed by atoms with Gasteiger partial charge in [-0.15, -0.1) is 0 Å². The molecule has 3 aromatic carbocycles. The van der Waals surface area contributed by atoms with E-state index in [0.29, 0.717) is 46.2 Å². The number of amides is 2. The van der Waals surface area contributed by atoms with Crippen LogP contribution in [0.5, 0.6) is 11.5 Å². The highest BCUT2D eigenvalue weighted by Crippen LogP contribution is 2.29. The normalized spacial score (nSPS) is 10.2. The summed E-state index contributed by atoms with van der Waals surface area (Å²) in [4.78, 5) is 25.4. The highest BCUT2D eigenvalue weighted by Gasteiger charge is 2.16. The number of anilines is 2. The first-order valence-corrected chi connectivity index (χ1v) is 9.61. The Balaban J connectivity index is 1.79. The summed E-state index contributed by atoms with van der Waals surface area (Å²) in [5.41, 5.74) is 2.86. The molecular weight excluding hydrogens is 380 g/mol. The van der Waals surface area contributed by atoms with E-state index in [1.54, 1.807) is 43.3 Å². The summed E-state index contributed by atoms with van der Waals surface area (Å²) in [5.74, 6) is 0.516. The highest BCUT2D eigenvalue weighted by molar-refractivity contribution is 6.09. The van der Waals surface area contributed by atoms with Crippen molar-refractivity contribution >= 4 is 23.2 Å². The van der Waals surface area contributed by atoms with E-state index in [1.807, 2.05) is 37.3 Å². The number of benzene rings is 3. The minimum atomic E-state index is -0.305. The average Bonchev–Trinajstić information content (AvgIpc) is 2.76. The number of hydrogen-bond donors (Lipinski definition) is 2. The van der Waals surface area contributed by atoms with E-state index in [-0.39, 0.29) is 11.8 Å². The van der Waals surface area contributed by atoms with Gasteiger partial charge in [0.1, 0.15) is 0 Å². The molecule has 0 saturated carbocycles. The van der Waals surface area contributed by atoms with Crippen LogP contribution in [0.2, 0.25) is 0 Å². The maximum Gasteiger partial charge on any atom is 0.256 e. The molecule has 0 aliphatic carbocycles. The SMILES string of the molecule is CCOc1ccc(C(=O)Nc2cccc(C(=O)Nc3ccccc3)c2C)cc1OC.